The van der Waals surface area contributed by atoms with Crippen LogP contribution in [0.5, 0.6) is 5.75 Å². The Bertz CT molecular complexity index is 484. The molecular weight excluding hydrogens is 272 g/mol. The summed E-state index contributed by atoms with van der Waals surface area (Å²) in [6.45, 7) is 0. The summed E-state index contributed by atoms with van der Waals surface area (Å²) in [6.07, 6.45) is 7.64. The molecule has 0 saturated heterocycles. The van der Waals surface area contributed by atoms with Crippen LogP contribution in [0.1, 0.15) is 44.1 Å². The molecule has 3 rings (SSSR count). The molecule has 2 aliphatic carbocycles. The number of ether oxygens (including phenoxy) is 1. The van der Waals surface area contributed by atoms with E-state index >= 15 is 0 Å². The molecule has 2 nitrogen and oxygen atoms in total. The highest BCUT2D eigenvalue weighted by Crippen LogP contribution is 2.47. The molecule has 110 valence electrons. The molecule has 0 aromatic heterocycles. The van der Waals surface area contributed by atoms with Crippen molar-refractivity contribution in [3.63, 3.8) is 0 Å². The van der Waals surface area contributed by atoms with Gasteiger partial charge in [0.25, 0.3) is 0 Å². The van der Waals surface area contributed by atoms with Gasteiger partial charge < -0.3 is 9.84 Å². The van der Waals surface area contributed by atoms with E-state index in [4.69, 9.17) is 16.3 Å². The molecule has 0 amide bonds. The second-order valence-corrected chi connectivity index (χ2v) is 6.99. The van der Waals surface area contributed by atoms with Crippen molar-refractivity contribution in [3.05, 3.63) is 28.8 Å². The van der Waals surface area contributed by atoms with Crippen LogP contribution in [-0.4, -0.2) is 17.8 Å². The number of aliphatic hydroxyl groups is 1. The summed E-state index contributed by atoms with van der Waals surface area (Å²) in [6, 6.07) is 5.66. The quantitative estimate of drug-likeness (QED) is 0.901. The molecule has 0 heterocycles. The molecule has 1 aromatic rings. The highest BCUT2D eigenvalue weighted by molar-refractivity contribution is 6.30. The zero-order chi connectivity index (χ0) is 14.2. The zero-order valence-electron chi connectivity index (χ0n) is 12.1. The lowest BCUT2D eigenvalue weighted by Gasteiger charge is -2.37. The Morgan fingerprint density at radius 2 is 2.10 bits per heavy atom. The van der Waals surface area contributed by atoms with Gasteiger partial charge in [-0.3, -0.25) is 0 Å². The summed E-state index contributed by atoms with van der Waals surface area (Å²) in [5, 5.41) is 11.7. The molecule has 2 unspecified atom stereocenters. The molecule has 1 N–H and O–H groups in total. The van der Waals surface area contributed by atoms with Crippen molar-refractivity contribution in [1.82, 2.24) is 0 Å². The van der Waals surface area contributed by atoms with Crippen molar-refractivity contribution in [2.45, 2.75) is 50.5 Å². The monoisotopic (exact) mass is 294 g/mol. The Balaban J connectivity index is 1.76. The SMILES string of the molecule is COc1ccc(Cl)cc1CC1(O)CCCC(C2CC2)C1. The average Bonchev–Trinajstić information content (AvgIpc) is 3.23. The third kappa shape index (κ3) is 3.12. The zero-order valence-corrected chi connectivity index (χ0v) is 12.8. The number of hydrogen-bond acceptors (Lipinski definition) is 2. The van der Waals surface area contributed by atoms with E-state index in [1.54, 1.807) is 7.11 Å². The van der Waals surface area contributed by atoms with Crippen molar-refractivity contribution in [1.29, 1.82) is 0 Å². The molecule has 0 spiro atoms. The smallest absolute Gasteiger partial charge is 0.122 e. The van der Waals surface area contributed by atoms with Gasteiger partial charge in [-0.05, 0) is 67.7 Å². The van der Waals surface area contributed by atoms with Crippen LogP contribution in [0, 0.1) is 11.8 Å². The molecule has 2 saturated carbocycles. The summed E-state index contributed by atoms with van der Waals surface area (Å²) in [5.74, 6) is 2.43. The van der Waals surface area contributed by atoms with E-state index < -0.39 is 5.60 Å². The first-order chi connectivity index (χ1) is 9.59. The first-order valence-corrected chi connectivity index (χ1v) is 8.02. The Labute approximate surface area is 126 Å². The molecule has 0 radical (unpaired) electrons. The predicted molar refractivity (Wildman–Crippen MR) is 81.3 cm³/mol. The number of methoxy groups -OCH3 is 1. The third-order valence-corrected chi connectivity index (χ3v) is 5.14. The molecular formula is C17H23ClO2. The predicted octanol–water partition coefficient (Wildman–Crippen LogP) is 4.22. The summed E-state index contributed by atoms with van der Waals surface area (Å²) < 4.78 is 5.40. The van der Waals surface area contributed by atoms with Crippen LogP contribution in [0.2, 0.25) is 5.02 Å². The highest BCUT2D eigenvalue weighted by Gasteiger charge is 2.41. The second kappa shape index (κ2) is 5.57. The van der Waals surface area contributed by atoms with Crippen molar-refractivity contribution >= 4 is 11.6 Å². The molecule has 2 fully saturated rings. The van der Waals surface area contributed by atoms with Crippen LogP contribution in [0.25, 0.3) is 0 Å². The molecule has 1 aromatic carbocycles. The summed E-state index contributed by atoms with van der Waals surface area (Å²) >= 11 is 6.09. The summed E-state index contributed by atoms with van der Waals surface area (Å²) in [7, 11) is 1.67. The van der Waals surface area contributed by atoms with E-state index in [9.17, 15) is 5.11 Å². The van der Waals surface area contributed by atoms with Gasteiger partial charge in [0.1, 0.15) is 5.75 Å². The van der Waals surface area contributed by atoms with Gasteiger partial charge in [-0.25, -0.2) is 0 Å². The maximum Gasteiger partial charge on any atom is 0.122 e. The molecule has 2 atom stereocenters. The minimum atomic E-state index is -0.580. The van der Waals surface area contributed by atoms with E-state index in [1.807, 2.05) is 18.2 Å². The van der Waals surface area contributed by atoms with Crippen LogP contribution in [-0.2, 0) is 6.42 Å². The van der Waals surface area contributed by atoms with E-state index in [0.29, 0.717) is 11.4 Å². The molecule has 20 heavy (non-hydrogen) atoms. The number of rotatable bonds is 4. The fourth-order valence-electron chi connectivity index (χ4n) is 3.76. The van der Waals surface area contributed by atoms with E-state index in [-0.39, 0.29) is 0 Å². The van der Waals surface area contributed by atoms with Gasteiger partial charge in [0.05, 0.1) is 12.7 Å². The van der Waals surface area contributed by atoms with Gasteiger partial charge in [0.2, 0.25) is 0 Å². The lowest BCUT2D eigenvalue weighted by atomic mass is 9.73. The van der Waals surface area contributed by atoms with Crippen molar-refractivity contribution in [2.24, 2.45) is 11.8 Å². The van der Waals surface area contributed by atoms with E-state index in [0.717, 1.165) is 42.4 Å². The lowest BCUT2D eigenvalue weighted by molar-refractivity contribution is -0.0199. The van der Waals surface area contributed by atoms with Crippen LogP contribution in [0.3, 0.4) is 0 Å². The minimum absolute atomic E-state index is 0.580. The average molecular weight is 295 g/mol. The largest absolute Gasteiger partial charge is 0.496 e. The standard InChI is InChI=1S/C17H23ClO2/c1-20-16-7-6-15(18)9-14(16)11-17(19)8-2-3-13(10-17)12-4-5-12/h6-7,9,12-13,19H,2-5,8,10-11H2,1H3. The first kappa shape index (κ1) is 14.2. The van der Waals surface area contributed by atoms with Gasteiger partial charge in [0, 0.05) is 11.4 Å². The van der Waals surface area contributed by atoms with Gasteiger partial charge in [-0.2, -0.15) is 0 Å². The van der Waals surface area contributed by atoms with Crippen molar-refractivity contribution in [3.8, 4) is 5.75 Å². The maximum absolute atomic E-state index is 11.0. The normalized spacial score (nSPS) is 30.2. The van der Waals surface area contributed by atoms with Crippen LogP contribution >= 0.6 is 11.6 Å². The summed E-state index contributed by atoms with van der Waals surface area (Å²) in [5.41, 5.74) is 0.447. The van der Waals surface area contributed by atoms with Gasteiger partial charge in [-0.15, -0.1) is 0 Å². The second-order valence-electron chi connectivity index (χ2n) is 6.55. The van der Waals surface area contributed by atoms with Gasteiger partial charge in [0.15, 0.2) is 0 Å². The Morgan fingerprint density at radius 3 is 2.80 bits per heavy atom. The third-order valence-electron chi connectivity index (χ3n) is 4.91. The number of benzene rings is 1. The minimum Gasteiger partial charge on any atom is -0.496 e. The Morgan fingerprint density at radius 1 is 1.30 bits per heavy atom. The van der Waals surface area contributed by atoms with Crippen molar-refractivity contribution < 1.29 is 9.84 Å². The van der Waals surface area contributed by atoms with Crippen LogP contribution < -0.4 is 4.74 Å². The fourth-order valence-corrected chi connectivity index (χ4v) is 3.95. The van der Waals surface area contributed by atoms with Gasteiger partial charge >= 0.3 is 0 Å². The van der Waals surface area contributed by atoms with Crippen molar-refractivity contribution in [2.75, 3.05) is 7.11 Å². The first-order valence-electron chi connectivity index (χ1n) is 7.64. The maximum atomic E-state index is 11.0. The van der Waals surface area contributed by atoms with Gasteiger partial charge in [-0.1, -0.05) is 18.0 Å². The van der Waals surface area contributed by atoms with Crippen LogP contribution in [0.15, 0.2) is 18.2 Å². The van der Waals surface area contributed by atoms with E-state index in [2.05, 4.69) is 0 Å². The molecule has 0 bridgehead atoms. The Kier molecular flexibility index (Phi) is 3.96. The molecule has 0 aliphatic heterocycles. The topological polar surface area (TPSA) is 29.5 Å². The fraction of sp³-hybridized carbons (Fsp3) is 0.647. The lowest BCUT2D eigenvalue weighted by Crippen LogP contribution is -2.38. The number of halogens is 1. The molecule has 2 aliphatic rings. The number of hydrogen-bond donors (Lipinski definition) is 1. The van der Waals surface area contributed by atoms with E-state index in [1.165, 1.54) is 19.3 Å². The highest BCUT2D eigenvalue weighted by atomic mass is 35.5. The molecule has 3 heteroatoms. The summed E-state index contributed by atoms with van der Waals surface area (Å²) in [4.78, 5) is 0. The Hall–Kier alpha value is -0.730. The van der Waals surface area contributed by atoms with Crippen LogP contribution in [0.4, 0.5) is 0 Å².